The van der Waals surface area contributed by atoms with E-state index >= 15 is 0 Å². The van der Waals surface area contributed by atoms with E-state index in [-0.39, 0.29) is 11.3 Å². The molecule has 2 N–H and O–H groups in total. The van der Waals surface area contributed by atoms with Gasteiger partial charge in [0.1, 0.15) is 0 Å². The molecule has 0 unspecified atom stereocenters. The van der Waals surface area contributed by atoms with Crippen molar-refractivity contribution in [2.45, 2.75) is 13.5 Å². The molecule has 0 aliphatic heterocycles. The summed E-state index contributed by atoms with van der Waals surface area (Å²) in [6.45, 7) is 2.67. The fourth-order valence-electron chi connectivity index (χ4n) is 2.08. The summed E-state index contributed by atoms with van der Waals surface area (Å²) in [5.74, 6) is -0.391. The molecule has 1 amide bonds. The quantitative estimate of drug-likeness (QED) is 0.759. The van der Waals surface area contributed by atoms with Gasteiger partial charge in [0.15, 0.2) is 5.69 Å². The van der Waals surface area contributed by atoms with Crippen LogP contribution >= 0.6 is 0 Å². The minimum Gasteiger partial charge on any atom is -0.318 e. The predicted molar refractivity (Wildman–Crippen MR) is 78.2 cm³/mol. The standard InChI is InChI=1S/C14H13N5O2/c1-2-19-8-9(7-15-19)16-14(21)12-10-5-3-4-6-11(10)13(20)18-17-12/h3-8H,2H2,1H3,(H,16,21)(H,18,20). The number of hydrogen-bond acceptors (Lipinski definition) is 4. The van der Waals surface area contributed by atoms with Crippen molar-refractivity contribution < 1.29 is 4.79 Å². The number of benzene rings is 1. The van der Waals surface area contributed by atoms with Gasteiger partial charge in [-0.05, 0) is 13.0 Å². The summed E-state index contributed by atoms with van der Waals surface area (Å²) in [7, 11) is 0. The van der Waals surface area contributed by atoms with Crippen molar-refractivity contribution in [1.29, 1.82) is 0 Å². The monoisotopic (exact) mass is 283 g/mol. The fourth-order valence-corrected chi connectivity index (χ4v) is 2.08. The highest BCUT2D eigenvalue weighted by molar-refractivity contribution is 6.10. The van der Waals surface area contributed by atoms with E-state index in [4.69, 9.17) is 0 Å². The lowest BCUT2D eigenvalue weighted by atomic mass is 10.1. The highest BCUT2D eigenvalue weighted by atomic mass is 16.2. The summed E-state index contributed by atoms with van der Waals surface area (Å²) in [6, 6.07) is 6.85. The van der Waals surface area contributed by atoms with E-state index < -0.39 is 5.91 Å². The van der Waals surface area contributed by atoms with E-state index in [1.807, 2.05) is 6.92 Å². The number of aromatic nitrogens is 4. The molecule has 0 saturated heterocycles. The Morgan fingerprint density at radius 1 is 1.33 bits per heavy atom. The van der Waals surface area contributed by atoms with Crippen LogP contribution in [0.1, 0.15) is 17.4 Å². The molecule has 0 aliphatic rings. The number of nitrogens with one attached hydrogen (secondary N) is 2. The molecule has 7 nitrogen and oxygen atoms in total. The van der Waals surface area contributed by atoms with Crippen LogP contribution in [0.5, 0.6) is 0 Å². The zero-order chi connectivity index (χ0) is 14.8. The second-order valence-corrected chi connectivity index (χ2v) is 4.49. The van der Waals surface area contributed by atoms with E-state index in [1.165, 1.54) is 0 Å². The maximum Gasteiger partial charge on any atom is 0.276 e. The number of rotatable bonds is 3. The number of nitrogens with zero attached hydrogens (tertiary/aromatic N) is 3. The van der Waals surface area contributed by atoms with Crippen LogP contribution in [0.25, 0.3) is 10.8 Å². The first-order valence-corrected chi connectivity index (χ1v) is 6.50. The number of carbonyl (C=O) groups is 1. The largest absolute Gasteiger partial charge is 0.318 e. The van der Waals surface area contributed by atoms with Crippen molar-refractivity contribution in [3.63, 3.8) is 0 Å². The summed E-state index contributed by atoms with van der Waals surface area (Å²) in [5, 5.41) is 13.9. The molecular weight excluding hydrogens is 270 g/mol. The van der Waals surface area contributed by atoms with Gasteiger partial charge in [-0.2, -0.15) is 10.2 Å². The molecule has 0 bridgehead atoms. The maximum absolute atomic E-state index is 12.3. The normalized spacial score (nSPS) is 10.7. The molecule has 2 aromatic heterocycles. The summed E-state index contributed by atoms with van der Waals surface area (Å²) < 4.78 is 1.70. The lowest BCUT2D eigenvalue weighted by Crippen LogP contribution is -2.19. The zero-order valence-electron chi connectivity index (χ0n) is 11.3. The van der Waals surface area contributed by atoms with Crippen molar-refractivity contribution in [2.75, 3.05) is 5.32 Å². The minimum absolute atomic E-state index is 0.175. The molecule has 3 aromatic rings. The molecule has 21 heavy (non-hydrogen) atoms. The van der Waals surface area contributed by atoms with Crippen LogP contribution in [0.3, 0.4) is 0 Å². The summed E-state index contributed by atoms with van der Waals surface area (Å²) in [5.41, 5.74) is 0.439. The molecule has 3 rings (SSSR count). The Labute approximate surface area is 119 Å². The highest BCUT2D eigenvalue weighted by Crippen LogP contribution is 2.14. The van der Waals surface area contributed by atoms with E-state index in [0.29, 0.717) is 16.5 Å². The second-order valence-electron chi connectivity index (χ2n) is 4.49. The molecule has 0 saturated carbocycles. The van der Waals surface area contributed by atoms with Crippen molar-refractivity contribution in [3.8, 4) is 0 Å². The molecule has 0 radical (unpaired) electrons. The minimum atomic E-state index is -0.391. The lowest BCUT2D eigenvalue weighted by Gasteiger charge is -2.04. The molecule has 106 valence electrons. The molecule has 1 aromatic carbocycles. The molecule has 0 aliphatic carbocycles. The Hall–Kier alpha value is -2.96. The van der Waals surface area contributed by atoms with Gasteiger partial charge in [-0.15, -0.1) is 0 Å². The highest BCUT2D eigenvalue weighted by Gasteiger charge is 2.14. The third-order valence-corrected chi connectivity index (χ3v) is 3.13. The van der Waals surface area contributed by atoms with Crippen molar-refractivity contribution in [1.82, 2.24) is 20.0 Å². The molecule has 7 heteroatoms. The second kappa shape index (κ2) is 5.20. The Morgan fingerprint density at radius 3 is 2.81 bits per heavy atom. The SMILES string of the molecule is CCn1cc(NC(=O)c2n[nH]c(=O)c3ccccc23)cn1. The lowest BCUT2D eigenvalue weighted by molar-refractivity contribution is 0.102. The number of H-pyrrole nitrogens is 1. The van der Waals surface area contributed by atoms with Crippen molar-refractivity contribution in [3.05, 3.63) is 52.7 Å². The van der Waals surface area contributed by atoms with Crippen molar-refractivity contribution >= 4 is 22.4 Å². The van der Waals surface area contributed by atoms with Gasteiger partial charge in [0.25, 0.3) is 11.5 Å². The number of amides is 1. The van der Waals surface area contributed by atoms with Gasteiger partial charge >= 0.3 is 0 Å². The zero-order valence-corrected chi connectivity index (χ0v) is 11.3. The van der Waals surface area contributed by atoms with E-state index in [0.717, 1.165) is 6.54 Å². The van der Waals surface area contributed by atoms with Crippen LogP contribution in [0.15, 0.2) is 41.5 Å². The number of anilines is 1. The van der Waals surface area contributed by atoms with Gasteiger partial charge in [0.2, 0.25) is 0 Å². The summed E-state index contributed by atoms with van der Waals surface area (Å²) in [6.07, 6.45) is 3.29. The molecule has 0 atom stereocenters. The predicted octanol–water partition coefficient (Wildman–Crippen LogP) is 1.39. The first-order chi connectivity index (χ1) is 10.2. The smallest absolute Gasteiger partial charge is 0.276 e. The van der Waals surface area contributed by atoms with Crippen LogP contribution in [-0.2, 0) is 6.54 Å². The Bertz CT molecular complexity index is 865. The molecular formula is C14H13N5O2. The first-order valence-electron chi connectivity index (χ1n) is 6.50. The van der Waals surface area contributed by atoms with Crippen LogP contribution in [0, 0.1) is 0 Å². The van der Waals surface area contributed by atoms with Crippen LogP contribution in [0.4, 0.5) is 5.69 Å². The van der Waals surface area contributed by atoms with Crippen LogP contribution < -0.4 is 10.9 Å². The third kappa shape index (κ3) is 2.40. The van der Waals surface area contributed by atoms with E-state index in [2.05, 4.69) is 20.6 Å². The fraction of sp³-hybridized carbons (Fsp3) is 0.143. The molecule has 2 heterocycles. The summed E-state index contributed by atoms with van der Waals surface area (Å²) in [4.78, 5) is 24.0. The Morgan fingerprint density at radius 2 is 2.10 bits per heavy atom. The first kappa shape index (κ1) is 13.0. The topological polar surface area (TPSA) is 92.7 Å². The Kier molecular flexibility index (Phi) is 3.23. The maximum atomic E-state index is 12.3. The number of carbonyl (C=O) groups excluding carboxylic acids is 1. The van der Waals surface area contributed by atoms with Gasteiger partial charge in [-0.3, -0.25) is 14.3 Å². The van der Waals surface area contributed by atoms with Crippen LogP contribution in [-0.4, -0.2) is 25.9 Å². The molecule has 0 spiro atoms. The number of hydrogen-bond donors (Lipinski definition) is 2. The molecule has 0 fully saturated rings. The van der Waals surface area contributed by atoms with Gasteiger partial charge in [-0.1, -0.05) is 18.2 Å². The number of aryl methyl sites for hydroxylation is 1. The number of fused-ring (bicyclic) bond motifs is 1. The Balaban J connectivity index is 1.98. The number of aromatic amines is 1. The van der Waals surface area contributed by atoms with Crippen LogP contribution in [0.2, 0.25) is 0 Å². The van der Waals surface area contributed by atoms with E-state index in [9.17, 15) is 9.59 Å². The van der Waals surface area contributed by atoms with Gasteiger partial charge in [0, 0.05) is 18.1 Å². The average molecular weight is 283 g/mol. The third-order valence-electron chi connectivity index (χ3n) is 3.13. The average Bonchev–Trinajstić information content (AvgIpc) is 2.95. The van der Waals surface area contributed by atoms with Gasteiger partial charge in [-0.25, -0.2) is 5.10 Å². The van der Waals surface area contributed by atoms with E-state index in [1.54, 1.807) is 41.3 Å². The van der Waals surface area contributed by atoms with Gasteiger partial charge in [0.05, 0.1) is 17.3 Å². The van der Waals surface area contributed by atoms with Crippen molar-refractivity contribution in [2.24, 2.45) is 0 Å². The summed E-state index contributed by atoms with van der Waals surface area (Å²) >= 11 is 0. The van der Waals surface area contributed by atoms with Gasteiger partial charge < -0.3 is 5.32 Å².